The average Bonchev–Trinajstić information content (AvgIpc) is 3.35. The molecular formula is C22H23N3O3S. The van der Waals surface area contributed by atoms with Gasteiger partial charge in [-0.1, -0.05) is 44.7 Å². The van der Waals surface area contributed by atoms with Crippen molar-refractivity contribution in [3.05, 3.63) is 64.2 Å². The number of aromatic nitrogens is 3. The van der Waals surface area contributed by atoms with E-state index in [9.17, 15) is 4.79 Å². The highest BCUT2D eigenvalue weighted by molar-refractivity contribution is 7.98. The summed E-state index contributed by atoms with van der Waals surface area (Å²) in [4.78, 5) is 12.1. The first-order valence-electron chi connectivity index (χ1n) is 9.70. The number of hydrogen-bond acceptors (Lipinski definition) is 6. The third kappa shape index (κ3) is 4.15. The molecule has 0 fully saturated rings. The maximum Gasteiger partial charge on any atom is 0.336 e. The predicted octanol–water partition coefficient (Wildman–Crippen LogP) is 5.16. The Morgan fingerprint density at radius 3 is 2.76 bits per heavy atom. The summed E-state index contributed by atoms with van der Waals surface area (Å²) in [6, 6.07) is 11.3. The standard InChI is InChI=1S/C22H23N3O3S/c1-4-15-7-8-17-16(11-20(26)28-19(17)10-15)13-29-22-24-23-21(18-6-5-9-27-18)25(22)12-14(2)3/h5-11,14H,4,12-13H2,1-3H3. The zero-order valence-corrected chi connectivity index (χ0v) is 17.5. The molecule has 0 atom stereocenters. The first kappa shape index (κ1) is 19.5. The summed E-state index contributed by atoms with van der Waals surface area (Å²) in [6.45, 7) is 7.17. The van der Waals surface area contributed by atoms with E-state index in [2.05, 4.69) is 41.6 Å². The van der Waals surface area contributed by atoms with Crippen molar-refractivity contribution in [1.82, 2.24) is 14.8 Å². The first-order chi connectivity index (χ1) is 14.0. The van der Waals surface area contributed by atoms with Crippen molar-refractivity contribution in [2.45, 2.75) is 44.6 Å². The SMILES string of the molecule is CCc1ccc2c(CSc3nnc(-c4ccco4)n3CC(C)C)cc(=O)oc2c1. The lowest BCUT2D eigenvalue weighted by Gasteiger charge is -2.12. The highest BCUT2D eigenvalue weighted by atomic mass is 32.2. The molecule has 0 aliphatic rings. The lowest BCUT2D eigenvalue weighted by molar-refractivity contribution is 0.489. The van der Waals surface area contributed by atoms with Crippen molar-refractivity contribution in [2.24, 2.45) is 5.92 Å². The Balaban J connectivity index is 1.66. The van der Waals surface area contributed by atoms with Crippen LogP contribution in [0.25, 0.3) is 22.6 Å². The summed E-state index contributed by atoms with van der Waals surface area (Å²) < 4.78 is 13.0. The maximum atomic E-state index is 12.1. The molecule has 0 unspecified atom stereocenters. The minimum atomic E-state index is -0.332. The molecule has 0 spiro atoms. The van der Waals surface area contributed by atoms with Crippen LogP contribution in [0.5, 0.6) is 0 Å². The van der Waals surface area contributed by atoms with E-state index in [1.807, 2.05) is 24.3 Å². The van der Waals surface area contributed by atoms with Gasteiger partial charge >= 0.3 is 5.63 Å². The summed E-state index contributed by atoms with van der Waals surface area (Å²) in [5, 5.41) is 10.5. The van der Waals surface area contributed by atoms with E-state index in [0.717, 1.165) is 40.5 Å². The Bertz CT molecular complexity index is 1180. The lowest BCUT2D eigenvalue weighted by atomic mass is 10.1. The minimum absolute atomic E-state index is 0.332. The van der Waals surface area contributed by atoms with E-state index in [1.165, 1.54) is 0 Å². The van der Waals surface area contributed by atoms with E-state index in [1.54, 1.807) is 24.1 Å². The van der Waals surface area contributed by atoms with Gasteiger partial charge in [-0.15, -0.1) is 10.2 Å². The van der Waals surface area contributed by atoms with Crippen molar-refractivity contribution < 1.29 is 8.83 Å². The molecule has 1 aromatic carbocycles. The summed E-state index contributed by atoms with van der Waals surface area (Å²) in [6.07, 6.45) is 2.53. The topological polar surface area (TPSA) is 74.1 Å². The number of aryl methyl sites for hydroxylation is 1. The van der Waals surface area contributed by atoms with Gasteiger partial charge in [-0.2, -0.15) is 0 Å². The Kier molecular flexibility index (Phi) is 5.58. The van der Waals surface area contributed by atoms with Gasteiger partial charge in [-0.05, 0) is 41.7 Å². The van der Waals surface area contributed by atoms with E-state index in [-0.39, 0.29) is 5.63 Å². The molecular weight excluding hydrogens is 386 g/mol. The number of thioether (sulfide) groups is 1. The maximum absolute atomic E-state index is 12.1. The molecule has 0 bridgehead atoms. The Morgan fingerprint density at radius 1 is 1.17 bits per heavy atom. The molecule has 29 heavy (non-hydrogen) atoms. The second kappa shape index (κ2) is 8.29. The molecule has 0 aliphatic carbocycles. The monoisotopic (exact) mass is 409 g/mol. The van der Waals surface area contributed by atoms with Gasteiger partial charge in [0.1, 0.15) is 5.58 Å². The van der Waals surface area contributed by atoms with Crippen LogP contribution in [-0.4, -0.2) is 14.8 Å². The van der Waals surface area contributed by atoms with Gasteiger partial charge in [0.15, 0.2) is 16.7 Å². The third-order valence-corrected chi connectivity index (χ3v) is 5.68. The van der Waals surface area contributed by atoms with Crippen LogP contribution in [-0.2, 0) is 18.7 Å². The largest absolute Gasteiger partial charge is 0.461 e. The summed E-state index contributed by atoms with van der Waals surface area (Å²) in [5.41, 5.74) is 2.38. The molecule has 4 rings (SSSR count). The van der Waals surface area contributed by atoms with Gasteiger partial charge in [0, 0.05) is 23.8 Å². The molecule has 150 valence electrons. The number of hydrogen-bond donors (Lipinski definition) is 0. The highest BCUT2D eigenvalue weighted by Crippen LogP contribution is 2.29. The van der Waals surface area contributed by atoms with Crippen molar-refractivity contribution in [3.8, 4) is 11.6 Å². The van der Waals surface area contributed by atoms with Crippen molar-refractivity contribution >= 4 is 22.7 Å². The molecule has 3 aromatic heterocycles. The van der Waals surface area contributed by atoms with Gasteiger partial charge in [0.25, 0.3) is 0 Å². The van der Waals surface area contributed by atoms with E-state index in [0.29, 0.717) is 23.0 Å². The molecule has 0 saturated heterocycles. The number of nitrogens with zero attached hydrogens (tertiary/aromatic N) is 3. The summed E-state index contributed by atoms with van der Waals surface area (Å²) in [7, 11) is 0. The van der Waals surface area contributed by atoms with Gasteiger partial charge in [-0.3, -0.25) is 4.57 Å². The first-order valence-corrected chi connectivity index (χ1v) is 10.7. The van der Waals surface area contributed by atoms with E-state index >= 15 is 0 Å². The van der Waals surface area contributed by atoms with Crippen LogP contribution < -0.4 is 5.63 Å². The Morgan fingerprint density at radius 2 is 2.03 bits per heavy atom. The van der Waals surface area contributed by atoms with Crippen LogP contribution in [0, 0.1) is 5.92 Å². The number of furan rings is 1. The summed E-state index contributed by atoms with van der Waals surface area (Å²) >= 11 is 1.56. The third-order valence-electron chi connectivity index (χ3n) is 4.67. The molecule has 0 saturated carbocycles. The number of rotatable bonds is 7. The fourth-order valence-electron chi connectivity index (χ4n) is 3.27. The number of benzene rings is 1. The van der Waals surface area contributed by atoms with Crippen LogP contribution >= 0.6 is 11.8 Å². The lowest BCUT2D eigenvalue weighted by Crippen LogP contribution is -2.08. The van der Waals surface area contributed by atoms with Crippen LogP contribution in [0.15, 0.2) is 61.4 Å². The average molecular weight is 410 g/mol. The number of fused-ring (bicyclic) bond motifs is 1. The fourth-order valence-corrected chi connectivity index (χ4v) is 4.21. The second-order valence-corrected chi connectivity index (χ2v) is 8.29. The van der Waals surface area contributed by atoms with Gasteiger partial charge in [0.2, 0.25) is 0 Å². The zero-order chi connectivity index (χ0) is 20.4. The predicted molar refractivity (Wildman–Crippen MR) is 114 cm³/mol. The van der Waals surface area contributed by atoms with Crippen LogP contribution in [0.4, 0.5) is 0 Å². The van der Waals surface area contributed by atoms with Gasteiger partial charge in [-0.25, -0.2) is 4.79 Å². The zero-order valence-electron chi connectivity index (χ0n) is 16.7. The quantitative estimate of drug-likeness (QED) is 0.310. The molecule has 4 aromatic rings. The highest BCUT2D eigenvalue weighted by Gasteiger charge is 2.18. The van der Waals surface area contributed by atoms with Crippen molar-refractivity contribution in [2.75, 3.05) is 0 Å². The molecule has 0 amide bonds. The molecule has 7 heteroatoms. The normalized spacial score (nSPS) is 11.6. The fraction of sp³-hybridized carbons (Fsp3) is 0.318. The van der Waals surface area contributed by atoms with Gasteiger partial charge < -0.3 is 8.83 Å². The Hall–Kier alpha value is -2.80. The molecule has 0 N–H and O–H groups in total. The van der Waals surface area contributed by atoms with Crippen molar-refractivity contribution in [3.63, 3.8) is 0 Å². The molecule has 0 aliphatic heterocycles. The summed E-state index contributed by atoms with van der Waals surface area (Å²) in [5.74, 6) is 2.44. The van der Waals surface area contributed by atoms with E-state index in [4.69, 9.17) is 8.83 Å². The van der Waals surface area contributed by atoms with Crippen LogP contribution in [0.2, 0.25) is 0 Å². The van der Waals surface area contributed by atoms with Crippen LogP contribution in [0.1, 0.15) is 31.9 Å². The molecule has 3 heterocycles. The van der Waals surface area contributed by atoms with E-state index < -0.39 is 0 Å². The minimum Gasteiger partial charge on any atom is -0.461 e. The van der Waals surface area contributed by atoms with Crippen LogP contribution in [0.3, 0.4) is 0 Å². The molecule has 0 radical (unpaired) electrons. The smallest absolute Gasteiger partial charge is 0.336 e. The van der Waals surface area contributed by atoms with Gasteiger partial charge in [0.05, 0.1) is 6.26 Å². The second-order valence-electron chi connectivity index (χ2n) is 7.35. The molecule has 6 nitrogen and oxygen atoms in total. The Labute approximate surface area is 172 Å². The van der Waals surface area contributed by atoms with Crippen molar-refractivity contribution in [1.29, 1.82) is 0 Å².